The van der Waals surface area contributed by atoms with Gasteiger partial charge in [0.05, 0.1) is 0 Å². The minimum absolute atomic E-state index is 0.200. The molecule has 0 aliphatic rings. The first kappa shape index (κ1) is 23.2. The first-order chi connectivity index (χ1) is 10.6. The molecule has 0 saturated carbocycles. The second-order valence-electron chi connectivity index (χ2n) is 11.0. The van der Waals surface area contributed by atoms with Gasteiger partial charge < -0.3 is 5.73 Å². The number of amides is 1. The maximum absolute atomic E-state index is 11.4. The third kappa shape index (κ3) is 10.9. The van der Waals surface area contributed by atoms with E-state index in [0.29, 0.717) is 10.8 Å². The van der Waals surface area contributed by atoms with E-state index in [1.54, 1.807) is 0 Å². The van der Waals surface area contributed by atoms with Gasteiger partial charge in [-0.05, 0) is 54.8 Å². The molecule has 0 fully saturated rings. The lowest BCUT2D eigenvalue weighted by Gasteiger charge is -2.29. The third-order valence-corrected chi connectivity index (χ3v) is 5.15. The highest BCUT2D eigenvalue weighted by molar-refractivity contribution is 5.79. The fourth-order valence-electron chi connectivity index (χ4n) is 2.50. The van der Waals surface area contributed by atoms with Crippen LogP contribution in [-0.4, -0.2) is 5.91 Å². The predicted octanol–water partition coefficient (Wildman–Crippen LogP) is 6.49. The molecule has 1 amide bonds. The average Bonchev–Trinajstić information content (AvgIpc) is 2.39. The van der Waals surface area contributed by atoms with Crippen LogP contribution < -0.4 is 5.73 Å². The van der Waals surface area contributed by atoms with Crippen LogP contribution in [0.25, 0.3) is 0 Å². The topological polar surface area (TPSA) is 43.1 Å². The molecule has 2 nitrogen and oxygen atoms in total. The Morgan fingerprint density at radius 2 is 1.08 bits per heavy atom. The monoisotopic (exact) mass is 337 g/mol. The van der Waals surface area contributed by atoms with E-state index in [1.807, 2.05) is 13.8 Å². The lowest BCUT2D eigenvalue weighted by molar-refractivity contribution is -0.126. The fourth-order valence-corrected chi connectivity index (χ4v) is 2.50. The van der Waals surface area contributed by atoms with Crippen molar-refractivity contribution < 1.29 is 4.79 Å². The average molecular weight is 338 g/mol. The van der Waals surface area contributed by atoms with Crippen molar-refractivity contribution in [2.75, 3.05) is 0 Å². The van der Waals surface area contributed by atoms with Gasteiger partial charge in [-0.15, -0.1) is 0 Å². The van der Waals surface area contributed by atoms with Gasteiger partial charge in [-0.2, -0.15) is 0 Å². The van der Waals surface area contributed by atoms with Gasteiger partial charge in [0, 0.05) is 5.41 Å². The number of nitrogens with two attached hydrogens (primary N) is 1. The largest absolute Gasteiger partial charge is 0.369 e. The summed E-state index contributed by atoms with van der Waals surface area (Å²) >= 11 is 0. The maximum Gasteiger partial charge on any atom is 0.223 e. The summed E-state index contributed by atoms with van der Waals surface area (Å²) < 4.78 is 0. The van der Waals surface area contributed by atoms with E-state index in [1.165, 1.54) is 12.8 Å². The Kier molecular flexibility index (Phi) is 8.26. The van der Waals surface area contributed by atoms with Gasteiger partial charge in [-0.1, -0.05) is 74.5 Å². The molecule has 0 spiro atoms. The Bertz CT molecular complexity index is 422. The van der Waals surface area contributed by atoms with E-state index in [0.717, 1.165) is 25.7 Å². The van der Waals surface area contributed by atoms with Gasteiger partial charge in [0.25, 0.3) is 0 Å². The number of hydrogen-bond acceptors (Lipinski definition) is 1. The molecule has 0 rings (SSSR count). The van der Waals surface area contributed by atoms with E-state index in [4.69, 9.17) is 5.73 Å². The SMILES string of the molecule is CC(C)(C)CCC(C)(C)C/C=C\CC(C)(C)CCC(C)(C)C(N)=O. The van der Waals surface area contributed by atoms with Crippen LogP contribution >= 0.6 is 0 Å². The number of carbonyl (C=O) groups is 1. The van der Waals surface area contributed by atoms with Crippen molar-refractivity contribution in [2.45, 2.75) is 101 Å². The lowest BCUT2D eigenvalue weighted by Crippen LogP contribution is -2.32. The summed E-state index contributed by atoms with van der Waals surface area (Å²) in [4.78, 5) is 11.4. The quantitative estimate of drug-likeness (QED) is 0.455. The molecule has 24 heavy (non-hydrogen) atoms. The molecule has 0 aliphatic heterocycles. The number of carbonyl (C=O) groups excluding carboxylic acids is 1. The molecule has 0 bridgehead atoms. The van der Waals surface area contributed by atoms with Gasteiger partial charge in [0.1, 0.15) is 0 Å². The summed E-state index contributed by atoms with van der Waals surface area (Å²) in [5.74, 6) is -0.200. The van der Waals surface area contributed by atoms with E-state index >= 15 is 0 Å². The van der Waals surface area contributed by atoms with Crippen LogP contribution in [-0.2, 0) is 4.79 Å². The second kappa shape index (κ2) is 8.54. The van der Waals surface area contributed by atoms with Crippen molar-refractivity contribution in [3.05, 3.63) is 12.2 Å². The van der Waals surface area contributed by atoms with Crippen molar-refractivity contribution in [2.24, 2.45) is 27.4 Å². The standard InChI is InChI=1S/C22H43NO/c1-19(2,3)14-15-20(4,5)12-10-11-13-21(6,7)16-17-22(8,9)18(23)24/h10-11H,12-17H2,1-9H3,(H2,23,24)/b11-10-. The highest BCUT2D eigenvalue weighted by Crippen LogP contribution is 2.35. The van der Waals surface area contributed by atoms with Crippen molar-refractivity contribution in [1.29, 1.82) is 0 Å². The Labute approximate surface area is 151 Å². The molecule has 0 atom stereocenters. The van der Waals surface area contributed by atoms with Crippen LogP contribution in [0.15, 0.2) is 12.2 Å². The van der Waals surface area contributed by atoms with Crippen LogP contribution in [0.2, 0.25) is 0 Å². The molecule has 0 aromatic heterocycles. The number of rotatable bonds is 10. The summed E-state index contributed by atoms with van der Waals surface area (Å²) in [7, 11) is 0. The molecule has 142 valence electrons. The van der Waals surface area contributed by atoms with Crippen molar-refractivity contribution >= 4 is 5.91 Å². The van der Waals surface area contributed by atoms with E-state index in [-0.39, 0.29) is 11.3 Å². The van der Waals surface area contributed by atoms with E-state index in [2.05, 4.69) is 60.6 Å². The van der Waals surface area contributed by atoms with Crippen molar-refractivity contribution in [3.8, 4) is 0 Å². The Morgan fingerprint density at radius 1 is 0.708 bits per heavy atom. The zero-order chi connectivity index (χ0) is 19.2. The van der Waals surface area contributed by atoms with Gasteiger partial charge in [-0.25, -0.2) is 0 Å². The molecule has 0 radical (unpaired) electrons. The van der Waals surface area contributed by atoms with E-state index < -0.39 is 5.41 Å². The van der Waals surface area contributed by atoms with Gasteiger partial charge >= 0.3 is 0 Å². The number of primary amides is 1. The first-order valence-electron chi connectivity index (χ1n) is 9.51. The molecule has 0 unspecified atom stereocenters. The highest BCUT2D eigenvalue weighted by atomic mass is 16.1. The van der Waals surface area contributed by atoms with Gasteiger partial charge in [0.2, 0.25) is 5.91 Å². The molecule has 0 aliphatic carbocycles. The van der Waals surface area contributed by atoms with E-state index in [9.17, 15) is 4.79 Å². The van der Waals surface area contributed by atoms with Crippen LogP contribution in [0, 0.1) is 21.7 Å². The lowest BCUT2D eigenvalue weighted by atomic mass is 9.76. The molecule has 0 aromatic carbocycles. The Hall–Kier alpha value is -0.790. The molecule has 0 saturated heterocycles. The second-order valence-corrected chi connectivity index (χ2v) is 11.0. The zero-order valence-corrected chi connectivity index (χ0v) is 17.9. The summed E-state index contributed by atoms with van der Waals surface area (Å²) in [5.41, 5.74) is 6.05. The smallest absolute Gasteiger partial charge is 0.223 e. The summed E-state index contributed by atoms with van der Waals surface area (Å²) in [5, 5.41) is 0. The van der Waals surface area contributed by atoms with Crippen LogP contribution in [0.4, 0.5) is 0 Å². The number of allylic oxidation sites excluding steroid dienone is 2. The molecular weight excluding hydrogens is 294 g/mol. The fraction of sp³-hybridized carbons (Fsp3) is 0.864. The number of hydrogen-bond donors (Lipinski definition) is 1. The minimum Gasteiger partial charge on any atom is -0.369 e. The summed E-state index contributed by atoms with van der Waals surface area (Å²) in [6.07, 6.45) is 11.3. The molecule has 2 heteroatoms. The summed E-state index contributed by atoms with van der Waals surface area (Å²) in [6, 6.07) is 0. The first-order valence-corrected chi connectivity index (χ1v) is 9.51. The highest BCUT2D eigenvalue weighted by Gasteiger charge is 2.28. The van der Waals surface area contributed by atoms with Crippen LogP contribution in [0.3, 0.4) is 0 Å². The Balaban J connectivity index is 4.35. The Morgan fingerprint density at radius 3 is 1.42 bits per heavy atom. The minimum atomic E-state index is -0.407. The van der Waals surface area contributed by atoms with Crippen molar-refractivity contribution in [1.82, 2.24) is 0 Å². The normalized spacial score (nSPS) is 14.4. The van der Waals surface area contributed by atoms with Crippen LogP contribution in [0.5, 0.6) is 0 Å². The zero-order valence-electron chi connectivity index (χ0n) is 17.9. The predicted molar refractivity (Wildman–Crippen MR) is 107 cm³/mol. The molecular formula is C22H43NO. The van der Waals surface area contributed by atoms with Gasteiger partial charge in [0.15, 0.2) is 0 Å². The third-order valence-electron chi connectivity index (χ3n) is 5.15. The van der Waals surface area contributed by atoms with Gasteiger partial charge in [-0.3, -0.25) is 4.79 Å². The van der Waals surface area contributed by atoms with Crippen LogP contribution in [0.1, 0.15) is 101 Å². The molecule has 2 N–H and O–H groups in total. The molecule has 0 aromatic rings. The van der Waals surface area contributed by atoms with Crippen molar-refractivity contribution in [3.63, 3.8) is 0 Å². The maximum atomic E-state index is 11.4. The molecule has 0 heterocycles. The summed E-state index contributed by atoms with van der Waals surface area (Å²) in [6.45, 7) is 20.1.